The molecule has 2 aromatic carbocycles. The fourth-order valence-electron chi connectivity index (χ4n) is 2.84. The number of anilines is 1. The van der Waals surface area contributed by atoms with Crippen molar-refractivity contribution in [1.82, 2.24) is 5.32 Å². The normalized spacial score (nSPS) is 12.3. The number of carbonyl (C=O) groups is 3. The highest BCUT2D eigenvalue weighted by atomic mass is 79.9. The van der Waals surface area contributed by atoms with Crippen molar-refractivity contribution >= 4 is 45.5 Å². The minimum atomic E-state index is -1.33. The molecule has 2 N–H and O–H groups in total. The Hall–Kier alpha value is -4.05. The number of hydrogen-bond acceptors (Lipinski definition) is 7. The zero-order valence-electron chi connectivity index (χ0n) is 16.2. The monoisotopic (exact) mass is 497 g/mol. The molecular weight excluding hydrogens is 484 g/mol. The van der Waals surface area contributed by atoms with Crippen LogP contribution in [0.5, 0.6) is 11.5 Å². The fourth-order valence-corrected chi connectivity index (χ4v) is 3.14. The van der Waals surface area contributed by atoms with Gasteiger partial charge >= 0.3 is 0 Å². The molecule has 32 heavy (non-hydrogen) atoms. The van der Waals surface area contributed by atoms with Crippen LogP contribution in [0, 0.1) is 0 Å². The van der Waals surface area contributed by atoms with Crippen LogP contribution in [-0.2, 0) is 4.79 Å². The summed E-state index contributed by atoms with van der Waals surface area (Å²) in [6.07, 6.45) is 1.46. The molecule has 0 radical (unpaired) electrons. The summed E-state index contributed by atoms with van der Waals surface area (Å²) in [5.41, 5.74) is 0.792. The molecule has 0 saturated heterocycles. The molecule has 2 heterocycles. The molecule has 0 saturated carbocycles. The van der Waals surface area contributed by atoms with Crippen LogP contribution in [-0.4, -0.2) is 24.6 Å². The Morgan fingerprint density at radius 1 is 0.969 bits per heavy atom. The molecule has 162 valence electrons. The van der Waals surface area contributed by atoms with Gasteiger partial charge in [0.15, 0.2) is 21.9 Å². The highest BCUT2D eigenvalue weighted by molar-refractivity contribution is 9.10. The lowest BCUT2D eigenvalue weighted by Crippen LogP contribution is -2.30. The lowest BCUT2D eigenvalue weighted by Gasteiger charge is -2.11. The van der Waals surface area contributed by atoms with E-state index in [0.29, 0.717) is 27.4 Å². The van der Waals surface area contributed by atoms with E-state index in [1.165, 1.54) is 36.4 Å². The number of amides is 2. The van der Waals surface area contributed by atoms with Crippen LogP contribution in [0.3, 0.4) is 0 Å². The molecule has 1 aliphatic rings. The molecule has 1 aromatic heterocycles. The molecule has 0 bridgehead atoms. The Morgan fingerprint density at radius 2 is 1.72 bits per heavy atom. The minimum absolute atomic E-state index is 0.000396. The zero-order valence-corrected chi connectivity index (χ0v) is 17.8. The summed E-state index contributed by atoms with van der Waals surface area (Å²) in [4.78, 5) is 36.4. The molecule has 0 spiro atoms. The first-order valence-electron chi connectivity index (χ1n) is 9.20. The highest BCUT2D eigenvalue weighted by Crippen LogP contribution is 2.33. The molecule has 10 heteroatoms. The average Bonchev–Trinajstić information content (AvgIpc) is 3.42. The fraction of sp³-hybridized carbons (Fsp3) is 0.0455. The minimum Gasteiger partial charge on any atom is -0.545 e. The van der Waals surface area contributed by atoms with Gasteiger partial charge in [-0.25, -0.2) is 0 Å². The number of carboxylic acids is 1. The van der Waals surface area contributed by atoms with Gasteiger partial charge in [0, 0.05) is 5.69 Å². The lowest BCUT2D eigenvalue weighted by molar-refractivity contribution is -0.255. The van der Waals surface area contributed by atoms with Gasteiger partial charge in [-0.15, -0.1) is 0 Å². The van der Waals surface area contributed by atoms with E-state index in [1.807, 2.05) is 0 Å². The van der Waals surface area contributed by atoms with E-state index in [9.17, 15) is 19.5 Å². The first-order chi connectivity index (χ1) is 15.4. The number of carboxylic acid groups (broad SMARTS) is 1. The van der Waals surface area contributed by atoms with E-state index < -0.39 is 17.8 Å². The summed E-state index contributed by atoms with van der Waals surface area (Å²) in [6, 6.07) is 13.5. The van der Waals surface area contributed by atoms with Crippen LogP contribution < -0.4 is 25.2 Å². The predicted octanol–water partition coefficient (Wildman–Crippen LogP) is 2.54. The maximum Gasteiger partial charge on any atom is 0.291 e. The third-order valence-corrected chi connectivity index (χ3v) is 4.80. The van der Waals surface area contributed by atoms with Gasteiger partial charge in [-0.2, -0.15) is 0 Å². The van der Waals surface area contributed by atoms with Gasteiger partial charge in [-0.3, -0.25) is 9.59 Å². The molecule has 0 atom stereocenters. The van der Waals surface area contributed by atoms with Crippen LogP contribution in [0.4, 0.5) is 5.69 Å². The topological polar surface area (TPSA) is 130 Å². The van der Waals surface area contributed by atoms with Crippen molar-refractivity contribution in [3.8, 4) is 11.5 Å². The number of rotatable bonds is 6. The molecule has 9 nitrogen and oxygen atoms in total. The number of nitrogens with one attached hydrogen (secondary N) is 2. The Kier molecular flexibility index (Phi) is 5.95. The summed E-state index contributed by atoms with van der Waals surface area (Å²) < 4.78 is 16.2. The van der Waals surface area contributed by atoms with Crippen LogP contribution in [0.15, 0.2) is 69.4 Å². The molecule has 3 aromatic rings. The van der Waals surface area contributed by atoms with E-state index in [1.54, 1.807) is 24.3 Å². The molecule has 0 fully saturated rings. The zero-order chi connectivity index (χ0) is 22.7. The molecule has 2 amide bonds. The predicted molar refractivity (Wildman–Crippen MR) is 114 cm³/mol. The van der Waals surface area contributed by atoms with Crippen molar-refractivity contribution in [2.24, 2.45) is 0 Å². The lowest BCUT2D eigenvalue weighted by atomic mass is 10.1. The first-order valence-corrected chi connectivity index (χ1v) is 9.99. The highest BCUT2D eigenvalue weighted by Gasteiger charge is 2.19. The maximum atomic E-state index is 12.9. The Balaban J connectivity index is 1.60. The van der Waals surface area contributed by atoms with Gasteiger partial charge in [0.25, 0.3) is 11.8 Å². The second-order valence-corrected chi connectivity index (χ2v) is 7.33. The van der Waals surface area contributed by atoms with E-state index >= 15 is 0 Å². The molecule has 4 rings (SSSR count). The molecule has 0 aliphatic carbocycles. The van der Waals surface area contributed by atoms with E-state index in [0.717, 1.165) is 0 Å². The average molecular weight is 498 g/mol. The van der Waals surface area contributed by atoms with Crippen LogP contribution >= 0.6 is 15.9 Å². The van der Waals surface area contributed by atoms with Gasteiger partial charge in [0.05, 0.1) is 5.97 Å². The molecule has 0 unspecified atom stereocenters. The van der Waals surface area contributed by atoms with E-state index in [4.69, 9.17) is 13.9 Å². The largest absolute Gasteiger partial charge is 0.545 e. The second kappa shape index (κ2) is 8.98. The van der Waals surface area contributed by atoms with Crippen molar-refractivity contribution in [2.75, 3.05) is 12.1 Å². The first kappa shape index (κ1) is 21.2. The smallest absolute Gasteiger partial charge is 0.291 e. The van der Waals surface area contributed by atoms with Crippen molar-refractivity contribution in [2.45, 2.75) is 0 Å². The van der Waals surface area contributed by atoms with Gasteiger partial charge in [0.1, 0.15) is 5.70 Å². The number of hydrogen-bond donors (Lipinski definition) is 2. The van der Waals surface area contributed by atoms with Crippen LogP contribution in [0.2, 0.25) is 0 Å². The van der Waals surface area contributed by atoms with Crippen LogP contribution in [0.25, 0.3) is 6.08 Å². The maximum absolute atomic E-state index is 12.9. The standard InChI is InChI=1S/C22H15BrN2O7/c23-19-8-7-17(32-19)21(27)25-15(9-12-1-6-16-18(10-12)31-11-30-16)20(26)24-14-4-2-13(3-5-14)22(28)29/h1-10H,11H2,(H,24,26)(H,25,27)(H,28,29)/p-1/b15-9-. The Bertz CT molecular complexity index is 1230. The molecule has 1 aliphatic heterocycles. The number of fused-ring (bicyclic) bond motifs is 1. The van der Waals surface area contributed by atoms with Gasteiger partial charge in [-0.05, 0) is 69.5 Å². The van der Waals surface area contributed by atoms with Gasteiger partial charge in [0.2, 0.25) is 6.79 Å². The van der Waals surface area contributed by atoms with E-state index in [-0.39, 0.29) is 23.8 Å². The van der Waals surface area contributed by atoms with Crippen molar-refractivity contribution in [3.63, 3.8) is 0 Å². The number of halogens is 1. The number of aromatic carboxylic acids is 1. The SMILES string of the molecule is O=C(Nc1ccc(C(=O)[O-])cc1)/C(=C/c1ccc2c(c1)OCO2)NC(=O)c1ccc(Br)o1. The van der Waals surface area contributed by atoms with Gasteiger partial charge < -0.3 is 34.4 Å². The quantitative estimate of drug-likeness (QED) is 0.500. The Labute approximate surface area is 189 Å². The van der Waals surface area contributed by atoms with E-state index in [2.05, 4.69) is 26.6 Å². The number of carbonyl (C=O) groups excluding carboxylic acids is 3. The van der Waals surface area contributed by atoms with Crippen molar-refractivity contribution in [3.05, 3.63) is 81.9 Å². The Morgan fingerprint density at radius 3 is 2.41 bits per heavy atom. The summed E-state index contributed by atoms with van der Waals surface area (Å²) in [6.45, 7) is 0.0990. The summed E-state index contributed by atoms with van der Waals surface area (Å²) in [5.74, 6) is -1.51. The number of ether oxygens (including phenoxy) is 2. The van der Waals surface area contributed by atoms with Gasteiger partial charge in [-0.1, -0.05) is 18.2 Å². The number of furan rings is 1. The number of benzene rings is 2. The van der Waals surface area contributed by atoms with Crippen LogP contribution in [0.1, 0.15) is 26.5 Å². The summed E-state index contributed by atoms with van der Waals surface area (Å²) in [7, 11) is 0. The van der Waals surface area contributed by atoms with Crippen molar-refractivity contribution in [1.29, 1.82) is 0 Å². The summed E-state index contributed by atoms with van der Waals surface area (Å²) >= 11 is 3.13. The molecular formula is C22H14BrN2O7-. The second-order valence-electron chi connectivity index (χ2n) is 6.55. The third-order valence-electron chi connectivity index (χ3n) is 4.38. The third kappa shape index (κ3) is 4.81. The summed E-state index contributed by atoms with van der Waals surface area (Å²) in [5, 5.41) is 16.0. The van der Waals surface area contributed by atoms with Crippen molar-refractivity contribution < 1.29 is 33.4 Å².